The Kier molecular flexibility index (Phi) is 4.03. The first-order chi connectivity index (χ1) is 8.55. The number of hydrogen-bond acceptors (Lipinski definition) is 1. The van der Waals surface area contributed by atoms with Gasteiger partial charge in [0.05, 0.1) is 5.60 Å². The smallest absolute Gasteiger partial charge is 0.0936 e. The van der Waals surface area contributed by atoms with Crippen LogP contribution in [0, 0.1) is 15.9 Å². The molecule has 0 atom stereocenters. The fourth-order valence-electron chi connectivity index (χ4n) is 2.55. The van der Waals surface area contributed by atoms with Crippen LogP contribution in [0.1, 0.15) is 56.2 Å². The average molecular weight is 354 g/mol. The van der Waals surface area contributed by atoms with Crippen LogP contribution in [0.5, 0.6) is 0 Å². The summed E-state index contributed by atoms with van der Waals surface area (Å²) in [7, 11) is 0. The van der Waals surface area contributed by atoms with Crippen LogP contribution in [-0.4, -0.2) is 6.61 Å². The number of halogens is 1. The zero-order valence-corrected chi connectivity index (χ0v) is 13.4. The molecule has 2 rings (SSSR count). The van der Waals surface area contributed by atoms with Crippen LogP contribution in [0.3, 0.4) is 0 Å². The molecule has 1 saturated carbocycles. The van der Waals surface area contributed by atoms with Gasteiger partial charge in [-0.05, 0) is 65.5 Å². The molecule has 0 N–H and O–H groups in total. The van der Waals surface area contributed by atoms with Gasteiger partial charge in [0.25, 0.3) is 0 Å². The molecule has 1 aliphatic carbocycles. The third-order valence-corrected chi connectivity index (χ3v) is 4.69. The summed E-state index contributed by atoms with van der Waals surface area (Å²) in [6.07, 6.45) is 7.83. The Labute approximate surface area is 123 Å². The summed E-state index contributed by atoms with van der Waals surface area (Å²) in [5, 5.41) is 0. The third-order valence-electron chi connectivity index (χ3n) is 3.53. The molecule has 0 aromatic heterocycles. The molecule has 0 bridgehead atoms. The molecule has 2 heteroatoms. The van der Waals surface area contributed by atoms with Crippen LogP contribution < -0.4 is 0 Å². The van der Waals surface area contributed by atoms with Crippen molar-refractivity contribution in [1.29, 1.82) is 0 Å². The maximum atomic E-state index is 5.99. The van der Waals surface area contributed by atoms with E-state index in [2.05, 4.69) is 61.4 Å². The summed E-state index contributed by atoms with van der Waals surface area (Å²) in [4.78, 5) is 0. The van der Waals surface area contributed by atoms with E-state index in [1.165, 1.54) is 14.7 Å². The topological polar surface area (TPSA) is 9.23 Å². The van der Waals surface area contributed by atoms with Gasteiger partial charge >= 0.3 is 0 Å². The molecular weight excluding hydrogens is 335 g/mol. The fraction of sp³-hybridized carbons (Fsp3) is 0.500. The second kappa shape index (κ2) is 5.22. The molecule has 1 aliphatic rings. The van der Waals surface area contributed by atoms with E-state index >= 15 is 0 Å². The zero-order valence-electron chi connectivity index (χ0n) is 11.2. The summed E-state index contributed by atoms with van der Waals surface area (Å²) in [6, 6.07) is 4.23. The lowest BCUT2D eigenvalue weighted by molar-refractivity contribution is 0.0387. The van der Waals surface area contributed by atoms with E-state index in [1.807, 2.05) is 0 Å². The zero-order chi connectivity index (χ0) is 13.3. The van der Waals surface area contributed by atoms with E-state index in [1.54, 1.807) is 0 Å². The van der Waals surface area contributed by atoms with Crippen molar-refractivity contribution in [2.75, 3.05) is 6.61 Å². The summed E-state index contributed by atoms with van der Waals surface area (Å²) in [6.45, 7) is 7.29. The second-order valence-electron chi connectivity index (χ2n) is 5.11. The first-order valence-electron chi connectivity index (χ1n) is 6.49. The van der Waals surface area contributed by atoms with Crippen molar-refractivity contribution in [3.63, 3.8) is 0 Å². The standard InChI is InChI=1S/C16H19IO/c1-5-12-7-8-13(14(11(3)4)15(12)17)16(9-10-16)18-6-2/h1,7-8,11H,6,9-10H2,2-4H3. The largest absolute Gasteiger partial charge is 0.371 e. The Balaban J connectivity index is 2.55. The summed E-state index contributed by atoms with van der Waals surface area (Å²) in [5.74, 6) is 3.24. The monoisotopic (exact) mass is 354 g/mol. The minimum absolute atomic E-state index is 0.0264. The molecule has 0 amide bonds. The van der Waals surface area contributed by atoms with Crippen molar-refractivity contribution < 1.29 is 4.74 Å². The molecule has 1 fully saturated rings. The van der Waals surface area contributed by atoms with Crippen molar-refractivity contribution in [2.24, 2.45) is 0 Å². The van der Waals surface area contributed by atoms with Gasteiger partial charge < -0.3 is 4.74 Å². The highest BCUT2D eigenvalue weighted by atomic mass is 127. The van der Waals surface area contributed by atoms with Gasteiger partial charge in [-0.3, -0.25) is 0 Å². The number of benzene rings is 1. The van der Waals surface area contributed by atoms with Gasteiger partial charge in [-0.1, -0.05) is 25.8 Å². The van der Waals surface area contributed by atoms with E-state index in [-0.39, 0.29) is 5.60 Å². The molecule has 18 heavy (non-hydrogen) atoms. The predicted molar refractivity (Wildman–Crippen MR) is 83.7 cm³/mol. The summed E-state index contributed by atoms with van der Waals surface area (Å²) in [5.41, 5.74) is 3.69. The molecule has 0 spiro atoms. The highest BCUT2D eigenvalue weighted by Gasteiger charge is 2.47. The van der Waals surface area contributed by atoms with Crippen LogP contribution in [0.2, 0.25) is 0 Å². The molecule has 0 aliphatic heterocycles. The fourth-order valence-corrected chi connectivity index (χ4v) is 3.80. The van der Waals surface area contributed by atoms with Gasteiger partial charge in [0.2, 0.25) is 0 Å². The van der Waals surface area contributed by atoms with Crippen molar-refractivity contribution >= 4 is 22.6 Å². The normalized spacial score (nSPS) is 16.7. The predicted octanol–water partition coefficient (Wildman–Crippen LogP) is 4.42. The SMILES string of the molecule is C#Cc1ccc(C2(OCC)CC2)c(C(C)C)c1I. The number of ether oxygens (including phenoxy) is 1. The van der Waals surface area contributed by atoms with Crippen molar-refractivity contribution in [2.45, 2.75) is 45.1 Å². The van der Waals surface area contributed by atoms with Crippen molar-refractivity contribution in [3.8, 4) is 12.3 Å². The van der Waals surface area contributed by atoms with E-state index in [9.17, 15) is 0 Å². The third kappa shape index (κ3) is 2.31. The van der Waals surface area contributed by atoms with Crippen LogP contribution in [0.25, 0.3) is 0 Å². The average Bonchev–Trinajstić information content (AvgIpc) is 3.09. The Morgan fingerprint density at radius 1 is 1.44 bits per heavy atom. The van der Waals surface area contributed by atoms with Gasteiger partial charge in [-0.15, -0.1) is 6.42 Å². The van der Waals surface area contributed by atoms with Gasteiger partial charge in [0.1, 0.15) is 0 Å². The quantitative estimate of drug-likeness (QED) is 0.575. The lowest BCUT2D eigenvalue weighted by Gasteiger charge is -2.23. The van der Waals surface area contributed by atoms with Crippen LogP contribution in [0.4, 0.5) is 0 Å². The van der Waals surface area contributed by atoms with Crippen LogP contribution in [0.15, 0.2) is 12.1 Å². The molecular formula is C16H19IO. The first kappa shape index (κ1) is 13.9. The number of rotatable bonds is 4. The van der Waals surface area contributed by atoms with Crippen LogP contribution in [-0.2, 0) is 10.3 Å². The number of hydrogen-bond donors (Lipinski definition) is 0. The molecule has 1 aromatic rings. The molecule has 0 radical (unpaired) electrons. The molecule has 0 unspecified atom stereocenters. The maximum Gasteiger partial charge on any atom is 0.0936 e. The van der Waals surface area contributed by atoms with E-state index in [0.29, 0.717) is 5.92 Å². The Morgan fingerprint density at radius 3 is 2.56 bits per heavy atom. The highest BCUT2D eigenvalue weighted by molar-refractivity contribution is 14.1. The Morgan fingerprint density at radius 2 is 2.11 bits per heavy atom. The molecule has 0 heterocycles. The van der Waals surface area contributed by atoms with E-state index in [0.717, 1.165) is 25.0 Å². The Bertz CT molecular complexity index is 493. The van der Waals surface area contributed by atoms with E-state index < -0.39 is 0 Å². The van der Waals surface area contributed by atoms with Crippen LogP contribution >= 0.6 is 22.6 Å². The lowest BCUT2D eigenvalue weighted by atomic mass is 9.91. The summed E-state index contributed by atoms with van der Waals surface area (Å²) < 4.78 is 7.21. The summed E-state index contributed by atoms with van der Waals surface area (Å²) >= 11 is 2.38. The molecule has 1 aromatic carbocycles. The second-order valence-corrected chi connectivity index (χ2v) is 6.19. The van der Waals surface area contributed by atoms with E-state index in [4.69, 9.17) is 11.2 Å². The minimum Gasteiger partial charge on any atom is -0.371 e. The molecule has 0 saturated heterocycles. The van der Waals surface area contributed by atoms with Gasteiger partial charge in [-0.2, -0.15) is 0 Å². The van der Waals surface area contributed by atoms with Crippen molar-refractivity contribution in [3.05, 3.63) is 32.4 Å². The lowest BCUT2D eigenvalue weighted by Crippen LogP contribution is -2.16. The first-order valence-corrected chi connectivity index (χ1v) is 7.57. The Hall–Kier alpha value is -0.530. The van der Waals surface area contributed by atoms with Crippen molar-refractivity contribution in [1.82, 2.24) is 0 Å². The minimum atomic E-state index is -0.0264. The maximum absolute atomic E-state index is 5.99. The number of terminal acetylenes is 1. The van der Waals surface area contributed by atoms with Gasteiger partial charge in [0, 0.05) is 15.7 Å². The van der Waals surface area contributed by atoms with Gasteiger partial charge in [-0.25, -0.2) is 0 Å². The molecule has 96 valence electrons. The molecule has 1 nitrogen and oxygen atoms in total. The van der Waals surface area contributed by atoms with Gasteiger partial charge in [0.15, 0.2) is 0 Å². The highest BCUT2D eigenvalue weighted by Crippen LogP contribution is 2.52.